The van der Waals surface area contributed by atoms with E-state index in [4.69, 9.17) is 5.11 Å². The number of benzene rings is 1. The van der Waals surface area contributed by atoms with E-state index in [2.05, 4.69) is 10.3 Å². The fourth-order valence-corrected chi connectivity index (χ4v) is 3.05. The Morgan fingerprint density at radius 1 is 1.19 bits per heavy atom. The van der Waals surface area contributed by atoms with E-state index in [0.29, 0.717) is 11.7 Å². The van der Waals surface area contributed by atoms with Gasteiger partial charge in [0.15, 0.2) is 5.13 Å². The van der Waals surface area contributed by atoms with Crippen LogP contribution in [0.4, 0.5) is 5.13 Å². The predicted octanol–water partition coefficient (Wildman–Crippen LogP) is 2.65. The van der Waals surface area contributed by atoms with Gasteiger partial charge in [-0.1, -0.05) is 37.3 Å². The van der Waals surface area contributed by atoms with Crippen molar-refractivity contribution in [2.24, 2.45) is 0 Å². The first-order valence-corrected chi connectivity index (χ1v) is 9.18. The molecule has 26 heavy (non-hydrogen) atoms. The summed E-state index contributed by atoms with van der Waals surface area (Å²) in [7, 11) is 0. The molecular weight excluding hydrogens is 354 g/mol. The number of amides is 2. The minimum absolute atomic E-state index is 0.115. The van der Waals surface area contributed by atoms with Crippen molar-refractivity contribution in [3.05, 3.63) is 47.0 Å². The smallest absolute Gasteiger partial charge is 0.305 e. The maximum Gasteiger partial charge on any atom is 0.305 e. The molecule has 0 unspecified atom stereocenters. The van der Waals surface area contributed by atoms with Crippen molar-refractivity contribution in [1.82, 2.24) is 9.88 Å². The van der Waals surface area contributed by atoms with Crippen LogP contribution < -0.4 is 5.32 Å². The van der Waals surface area contributed by atoms with Crippen LogP contribution in [0.15, 0.2) is 35.7 Å². The second kappa shape index (κ2) is 9.67. The van der Waals surface area contributed by atoms with Gasteiger partial charge >= 0.3 is 5.97 Å². The number of aliphatic carboxylic acids is 1. The Bertz CT molecular complexity index is 761. The molecule has 0 aliphatic heterocycles. The molecule has 0 fully saturated rings. The molecule has 0 bridgehead atoms. The van der Waals surface area contributed by atoms with E-state index in [9.17, 15) is 14.4 Å². The maximum atomic E-state index is 12.5. The van der Waals surface area contributed by atoms with Crippen LogP contribution in [-0.2, 0) is 16.0 Å². The predicted molar refractivity (Wildman–Crippen MR) is 99.3 cm³/mol. The molecule has 2 amide bonds. The number of carbonyl (C=O) groups is 3. The third kappa shape index (κ3) is 5.96. The summed E-state index contributed by atoms with van der Waals surface area (Å²) < 4.78 is 0. The minimum Gasteiger partial charge on any atom is -0.481 e. The Morgan fingerprint density at radius 3 is 2.58 bits per heavy atom. The highest BCUT2D eigenvalue weighted by molar-refractivity contribution is 7.14. The summed E-state index contributed by atoms with van der Waals surface area (Å²) in [5.74, 6) is -1.49. The second-order valence-corrected chi connectivity index (χ2v) is 6.54. The van der Waals surface area contributed by atoms with Crippen LogP contribution in [-0.4, -0.2) is 45.9 Å². The summed E-state index contributed by atoms with van der Waals surface area (Å²) in [4.78, 5) is 41.0. The van der Waals surface area contributed by atoms with Gasteiger partial charge in [0.2, 0.25) is 5.91 Å². The molecule has 1 aromatic carbocycles. The fraction of sp³-hybridized carbons (Fsp3) is 0.333. The quantitative estimate of drug-likeness (QED) is 0.702. The first kappa shape index (κ1) is 19.6. The lowest BCUT2D eigenvalue weighted by atomic mass is 10.1. The summed E-state index contributed by atoms with van der Waals surface area (Å²) in [5, 5.41) is 13.4. The molecule has 0 aliphatic carbocycles. The highest BCUT2D eigenvalue weighted by Crippen LogP contribution is 2.17. The van der Waals surface area contributed by atoms with Crippen LogP contribution in [0.3, 0.4) is 0 Å². The molecule has 1 aromatic heterocycles. The third-order valence-corrected chi connectivity index (χ3v) is 4.31. The number of nitrogens with one attached hydrogen (secondary N) is 1. The number of nitrogens with zero attached hydrogens (tertiary/aromatic N) is 2. The number of aromatic nitrogens is 1. The summed E-state index contributed by atoms with van der Waals surface area (Å²) in [6.07, 6.45) is 0.830. The minimum atomic E-state index is -0.953. The molecule has 0 saturated carbocycles. The van der Waals surface area contributed by atoms with Crippen LogP contribution in [0.1, 0.15) is 35.8 Å². The monoisotopic (exact) mass is 375 g/mol. The van der Waals surface area contributed by atoms with Gasteiger partial charge in [0, 0.05) is 18.5 Å². The van der Waals surface area contributed by atoms with Crippen LogP contribution in [0, 0.1) is 0 Å². The van der Waals surface area contributed by atoms with Gasteiger partial charge in [-0.3, -0.25) is 14.4 Å². The molecule has 7 nitrogen and oxygen atoms in total. The van der Waals surface area contributed by atoms with Crippen LogP contribution in [0.2, 0.25) is 0 Å². The lowest BCUT2D eigenvalue weighted by molar-refractivity contribution is -0.137. The van der Waals surface area contributed by atoms with Crippen LogP contribution >= 0.6 is 11.3 Å². The molecule has 0 radical (unpaired) electrons. The number of hydrogen-bond acceptors (Lipinski definition) is 5. The lowest BCUT2D eigenvalue weighted by Crippen LogP contribution is -2.34. The highest BCUT2D eigenvalue weighted by Gasteiger charge is 2.19. The molecule has 0 saturated heterocycles. The van der Waals surface area contributed by atoms with Gasteiger partial charge in [-0.05, 0) is 12.0 Å². The normalized spacial score (nSPS) is 10.3. The number of carbonyl (C=O) groups excluding carboxylic acids is 2. The van der Waals surface area contributed by atoms with Crippen LogP contribution in [0.25, 0.3) is 0 Å². The van der Waals surface area contributed by atoms with E-state index in [1.807, 2.05) is 37.3 Å². The first-order chi connectivity index (χ1) is 12.5. The average Bonchev–Trinajstić information content (AvgIpc) is 3.07. The van der Waals surface area contributed by atoms with Crippen molar-refractivity contribution in [3.8, 4) is 0 Å². The van der Waals surface area contributed by atoms with Gasteiger partial charge in [-0.25, -0.2) is 4.98 Å². The van der Waals surface area contributed by atoms with Gasteiger partial charge in [0.25, 0.3) is 5.91 Å². The Hall–Kier alpha value is -2.74. The molecule has 138 valence electrons. The lowest BCUT2D eigenvalue weighted by Gasteiger charge is -2.20. The zero-order chi connectivity index (χ0) is 18.9. The number of carboxylic acid groups (broad SMARTS) is 1. The zero-order valence-electron chi connectivity index (χ0n) is 14.5. The number of rotatable bonds is 9. The molecule has 0 spiro atoms. The highest BCUT2D eigenvalue weighted by atomic mass is 32.1. The van der Waals surface area contributed by atoms with Gasteiger partial charge < -0.3 is 15.3 Å². The molecule has 2 rings (SSSR count). The standard InChI is InChI=1S/C18H21N3O4S/c1-2-9-21(10-8-16(23)24)17(25)14-12-26-18(19-14)20-15(22)11-13-6-4-3-5-7-13/h3-7,12H,2,8-11H2,1H3,(H,23,24)(H,19,20,22). The average molecular weight is 375 g/mol. The van der Waals surface area contributed by atoms with E-state index in [-0.39, 0.29) is 36.9 Å². The van der Waals surface area contributed by atoms with Gasteiger partial charge in [0.1, 0.15) is 5.69 Å². The number of thiazole rings is 1. The Kier molecular flexibility index (Phi) is 7.28. The number of carboxylic acids is 1. The Morgan fingerprint density at radius 2 is 1.92 bits per heavy atom. The Labute approximate surface area is 155 Å². The van der Waals surface area contributed by atoms with Crippen molar-refractivity contribution in [2.45, 2.75) is 26.2 Å². The Balaban J connectivity index is 1.97. The first-order valence-electron chi connectivity index (χ1n) is 8.30. The van der Waals surface area contributed by atoms with E-state index in [1.54, 1.807) is 5.38 Å². The topological polar surface area (TPSA) is 99.6 Å². The van der Waals surface area contributed by atoms with Crippen LogP contribution in [0.5, 0.6) is 0 Å². The SMILES string of the molecule is CCCN(CCC(=O)O)C(=O)c1csc(NC(=O)Cc2ccccc2)n1. The van der Waals surface area contributed by atoms with Gasteiger partial charge in [-0.2, -0.15) is 0 Å². The van der Waals surface area contributed by atoms with Crippen molar-refractivity contribution in [2.75, 3.05) is 18.4 Å². The molecular formula is C18H21N3O4S. The molecule has 0 atom stereocenters. The summed E-state index contributed by atoms with van der Waals surface area (Å²) in [5.41, 5.74) is 1.10. The van der Waals surface area contributed by atoms with Gasteiger partial charge in [-0.15, -0.1) is 11.3 Å². The molecule has 2 N–H and O–H groups in total. The summed E-state index contributed by atoms with van der Waals surface area (Å²) >= 11 is 1.17. The third-order valence-electron chi connectivity index (χ3n) is 3.55. The van der Waals surface area contributed by atoms with E-state index in [0.717, 1.165) is 12.0 Å². The van der Waals surface area contributed by atoms with E-state index < -0.39 is 5.97 Å². The molecule has 1 heterocycles. The van der Waals surface area contributed by atoms with Crippen molar-refractivity contribution >= 4 is 34.3 Å². The van der Waals surface area contributed by atoms with Crippen molar-refractivity contribution in [3.63, 3.8) is 0 Å². The van der Waals surface area contributed by atoms with Crippen molar-refractivity contribution < 1.29 is 19.5 Å². The summed E-state index contributed by atoms with van der Waals surface area (Å²) in [6.45, 7) is 2.51. The van der Waals surface area contributed by atoms with E-state index >= 15 is 0 Å². The second-order valence-electron chi connectivity index (χ2n) is 5.68. The van der Waals surface area contributed by atoms with Gasteiger partial charge in [0.05, 0.1) is 12.8 Å². The number of hydrogen-bond donors (Lipinski definition) is 2. The fourth-order valence-electron chi connectivity index (χ4n) is 2.35. The largest absolute Gasteiger partial charge is 0.481 e. The van der Waals surface area contributed by atoms with Crippen molar-refractivity contribution in [1.29, 1.82) is 0 Å². The number of anilines is 1. The summed E-state index contributed by atoms with van der Waals surface area (Å²) in [6, 6.07) is 9.33. The zero-order valence-corrected chi connectivity index (χ0v) is 15.3. The molecule has 8 heteroatoms. The maximum absolute atomic E-state index is 12.5. The molecule has 2 aromatic rings. The van der Waals surface area contributed by atoms with E-state index in [1.165, 1.54) is 16.2 Å². The molecule has 0 aliphatic rings.